The Morgan fingerprint density at radius 3 is 2.41 bits per heavy atom. The van der Waals surface area contributed by atoms with Crippen molar-refractivity contribution in [2.24, 2.45) is 11.1 Å². The highest BCUT2D eigenvalue weighted by molar-refractivity contribution is 8.07. The van der Waals surface area contributed by atoms with Gasteiger partial charge in [0.05, 0.1) is 11.0 Å². The van der Waals surface area contributed by atoms with E-state index in [1.807, 2.05) is 52.6 Å². The molecular weight excluding hydrogens is 384 g/mol. The number of hydrogen-bond donors (Lipinski definition) is 2. The first-order chi connectivity index (χ1) is 13.4. The summed E-state index contributed by atoms with van der Waals surface area (Å²) in [7, 11) is 1.88. The molecule has 29 heavy (non-hydrogen) atoms. The van der Waals surface area contributed by atoms with Crippen molar-refractivity contribution in [2.75, 3.05) is 7.05 Å². The largest absolute Gasteiger partial charge is 0.489 e. The smallest absolute Gasteiger partial charge is 0.344 e. The van der Waals surface area contributed by atoms with E-state index in [1.165, 1.54) is 18.0 Å². The molecule has 0 aliphatic carbocycles. The summed E-state index contributed by atoms with van der Waals surface area (Å²) in [5, 5.41) is 9.61. The SMILES string of the molecule is C=C/C(=C\N)O[C@@H](C)CC[C@@H](C)N(C)/C=C(/S/C(C#CC(C)(C)C)=C\C)C(=O)O. The van der Waals surface area contributed by atoms with E-state index in [0.29, 0.717) is 5.76 Å². The molecule has 0 fully saturated rings. The molecule has 0 bridgehead atoms. The van der Waals surface area contributed by atoms with Crippen LogP contribution in [0.25, 0.3) is 0 Å². The molecule has 0 aliphatic heterocycles. The van der Waals surface area contributed by atoms with Gasteiger partial charge in [-0.2, -0.15) is 0 Å². The van der Waals surface area contributed by atoms with Crippen LogP contribution in [0.1, 0.15) is 54.4 Å². The van der Waals surface area contributed by atoms with E-state index in [-0.39, 0.29) is 22.5 Å². The van der Waals surface area contributed by atoms with Crippen LogP contribution >= 0.6 is 11.8 Å². The van der Waals surface area contributed by atoms with Crippen molar-refractivity contribution < 1.29 is 14.6 Å². The number of allylic oxidation sites excluding steroid dienone is 3. The van der Waals surface area contributed by atoms with Gasteiger partial charge in [0.1, 0.15) is 10.7 Å². The van der Waals surface area contributed by atoms with E-state index in [2.05, 4.69) is 25.3 Å². The molecule has 0 saturated heterocycles. The van der Waals surface area contributed by atoms with Crippen molar-refractivity contribution >= 4 is 17.7 Å². The van der Waals surface area contributed by atoms with Crippen molar-refractivity contribution in [3.8, 4) is 11.8 Å². The highest BCUT2D eigenvalue weighted by atomic mass is 32.2. The molecular formula is C23H36N2O3S. The van der Waals surface area contributed by atoms with Crippen molar-refractivity contribution in [1.29, 1.82) is 0 Å². The lowest BCUT2D eigenvalue weighted by Gasteiger charge is -2.25. The number of ether oxygens (including phenoxy) is 1. The van der Waals surface area contributed by atoms with E-state index < -0.39 is 5.97 Å². The minimum atomic E-state index is -0.966. The van der Waals surface area contributed by atoms with Gasteiger partial charge in [-0.3, -0.25) is 0 Å². The molecule has 0 heterocycles. The first-order valence-electron chi connectivity index (χ1n) is 9.68. The molecule has 0 saturated carbocycles. The summed E-state index contributed by atoms with van der Waals surface area (Å²) < 4.78 is 5.68. The Morgan fingerprint density at radius 2 is 1.97 bits per heavy atom. The minimum absolute atomic E-state index is 0.0155. The first kappa shape index (κ1) is 26.7. The van der Waals surface area contributed by atoms with Gasteiger partial charge in [-0.15, -0.1) is 0 Å². The normalized spacial score (nSPS) is 15.1. The Labute approximate surface area is 180 Å². The number of carboxylic acids is 1. The lowest BCUT2D eigenvalue weighted by molar-refractivity contribution is -0.131. The second kappa shape index (κ2) is 13.1. The van der Waals surface area contributed by atoms with E-state index >= 15 is 0 Å². The summed E-state index contributed by atoms with van der Waals surface area (Å²) >= 11 is 1.17. The summed E-state index contributed by atoms with van der Waals surface area (Å²) in [4.78, 5) is 14.6. The number of nitrogens with zero attached hydrogens (tertiary/aromatic N) is 1. The van der Waals surface area contributed by atoms with Crippen LogP contribution in [0.5, 0.6) is 0 Å². The Hall–Kier alpha value is -2.26. The maximum atomic E-state index is 11.7. The lowest BCUT2D eigenvalue weighted by atomic mass is 9.98. The van der Waals surface area contributed by atoms with E-state index in [1.54, 1.807) is 12.3 Å². The fraction of sp³-hybridized carbons (Fsp3) is 0.522. The molecule has 5 nitrogen and oxygen atoms in total. The summed E-state index contributed by atoms with van der Waals surface area (Å²) in [6, 6.07) is 0.139. The molecule has 2 atom stereocenters. The van der Waals surface area contributed by atoms with Crippen LogP contribution in [0, 0.1) is 17.3 Å². The zero-order chi connectivity index (χ0) is 22.6. The third-order valence-corrected chi connectivity index (χ3v) is 5.02. The van der Waals surface area contributed by atoms with Gasteiger partial charge in [-0.25, -0.2) is 4.79 Å². The van der Waals surface area contributed by atoms with Gasteiger partial charge in [-0.1, -0.05) is 36.3 Å². The molecule has 0 spiro atoms. The van der Waals surface area contributed by atoms with Crippen molar-refractivity contribution in [3.05, 3.63) is 46.7 Å². The van der Waals surface area contributed by atoms with Gasteiger partial charge in [0, 0.05) is 30.9 Å². The van der Waals surface area contributed by atoms with Crippen molar-refractivity contribution in [2.45, 2.75) is 66.5 Å². The Bertz CT molecular complexity index is 706. The molecule has 0 unspecified atom stereocenters. The zero-order valence-corrected chi connectivity index (χ0v) is 19.6. The summed E-state index contributed by atoms with van der Waals surface area (Å²) in [6.45, 7) is 15.6. The molecule has 0 aromatic heterocycles. The summed E-state index contributed by atoms with van der Waals surface area (Å²) in [5.74, 6) is 5.81. The quantitative estimate of drug-likeness (QED) is 0.210. The lowest BCUT2D eigenvalue weighted by Crippen LogP contribution is -2.26. The average molecular weight is 421 g/mol. The van der Waals surface area contributed by atoms with E-state index in [4.69, 9.17) is 10.5 Å². The third-order valence-electron chi connectivity index (χ3n) is 3.96. The Balaban J connectivity index is 5.07. The second-order valence-electron chi connectivity index (χ2n) is 7.85. The average Bonchev–Trinajstić information content (AvgIpc) is 2.65. The Morgan fingerprint density at radius 1 is 1.34 bits per heavy atom. The number of thioether (sulfide) groups is 1. The molecule has 6 heteroatoms. The number of carbonyl (C=O) groups is 1. The monoisotopic (exact) mass is 420 g/mol. The van der Waals surface area contributed by atoms with Gasteiger partial charge in [-0.05, 0) is 60.5 Å². The maximum Gasteiger partial charge on any atom is 0.344 e. The zero-order valence-electron chi connectivity index (χ0n) is 18.8. The molecule has 0 amide bonds. The number of hydrogen-bond acceptors (Lipinski definition) is 5. The van der Waals surface area contributed by atoms with Gasteiger partial charge < -0.3 is 20.5 Å². The maximum absolute atomic E-state index is 11.7. The van der Waals surface area contributed by atoms with E-state index in [0.717, 1.165) is 17.7 Å². The molecule has 0 aliphatic rings. The Kier molecular flexibility index (Phi) is 12.0. The van der Waals surface area contributed by atoms with Gasteiger partial charge in [0.2, 0.25) is 0 Å². The van der Waals surface area contributed by atoms with Crippen LogP contribution < -0.4 is 5.73 Å². The van der Waals surface area contributed by atoms with Crippen molar-refractivity contribution in [3.63, 3.8) is 0 Å². The number of carboxylic acid groups (broad SMARTS) is 1. The number of aliphatic carboxylic acids is 1. The summed E-state index contributed by atoms with van der Waals surface area (Å²) in [6.07, 6.45) is 8.09. The fourth-order valence-electron chi connectivity index (χ4n) is 2.09. The van der Waals surface area contributed by atoms with Gasteiger partial charge in [0.15, 0.2) is 0 Å². The van der Waals surface area contributed by atoms with Gasteiger partial charge >= 0.3 is 5.97 Å². The fourth-order valence-corrected chi connectivity index (χ4v) is 2.85. The third kappa shape index (κ3) is 12.0. The standard InChI is InChI=1S/C23H36N2O3S/c1-9-19(15-24)28-18(4)12-11-17(3)25(8)16-21(22(26)27)29-20(10-2)13-14-23(5,6)7/h9-10,15-18H,1,11-12,24H2,2-8H3,(H,26,27)/b19-15+,20-10-,21-16+/t17-,18+/m1/s1. The van der Waals surface area contributed by atoms with Crippen molar-refractivity contribution in [1.82, 2.24) is 4.90 Å². The number of rotatable bonds is 11. The van der Waals surface area contributed by atoms with E-state index in [9.17, 15) is 9.90 Å². The van der Waals surface area contributed by atoms with Crippen LogP contribution in [0.15, 0.2) is 46.7 Å². The molecule has 0 aromatic rings. The number of nitrogens with two attached hydrogens (primary N) is 1. The molecule has 3 N–H and O–H groups in total. The molecule has 0 radical (unpaired) electrons. The topological polar surface area (TPSA) is 75.8 Å². The molecule has 0 aromatic carbocycles. The van der Waals surface area contributed by atoms with Crippen LogP contribution in [0.2, 0.25) is 0 Å². The molecule has 162 valence electrons. The highest BCUT2D eigenvalue weighted by Gasteiger charge is 2.15. The second-order valence-corrected chi connectivity index (χ2v) is 8.93. The molecule has 0 rings (SSSR count). The minimum Gasteiger partial charge on any atom is -0.489 e. The van der Waals surface area contributed by atoms with Crippen LogP contribution in [0.4, 0.5) is 0 Å². The van der Waals surface area contributed by atoms with Gasteiger partial charge in [0.25, 0.3) is 0 Å². The van der Waals surface area contributed by atoms with Crippen LogP contribution in [0.3, 0.4) is 0 Å². The summed E-state index contributed by atoms with van der Waals surface area (Å²) in [5.41, 5.74) is 5.33. The predicted molar refractivity (Wildman–Crippen MR) is 124 cm³/mol. The predicted octanol–water partition coefficient (Wildman–Crippen LogP) is 5.09. The van der Waals surface area contributed by atoms with Crippen LogP contribution in [-0.4, -0.2) is 35.2 Å². The van der Waals surface area contributed by atoms with Crippen LogP contribution in [-0.2, 0) is 9.53 Å². The first-order valence-corrected chi connectivity index (χ1v) is 10.5. The highest BCUT2D eigenvalue weighted by Crippen LogP contribution is 2.27.